The van der Waals surface area contributed by atoms with Gasteiger partial charge < -0.3 is 14.8 Å². The first-order chi connectivity index (χ1) is 11.6. The van der Waals surface area contributed by atoms with Crippen LogP contribution in [-0.4, -0.2) is 20.1 Å². The molecule has 1 amide bonds. The minimum absolute atomic E-state index is 0.0104. The van der Waals surface area contributed by atoms with Gasteiger partial charge in [0.1, 0.15) is 5.82 Å². The van der Waals surface area contributed by atoms with Crippen molar-refractivity contribution in [1.29, 1.82) is 0 Å². The number of carbonyl (C=O) groups excluding carboxylic acids is 1. The largest absolute Gasteiger partial charge is 0.493 e. The molecule has 1 N–H and O–H groups in total. The number of carbonyl (C=O) groups is 1. The van der Waals surface area contributed by atoms with E-state index >= 15 is 0 Å². The summed E-state index contributed by atoms with van der Waals surface area (Å²) in [6, 6.07) is 11.7. The van der Waals surface area contributed by atoms with Gasteiger partial charge in [-0.25, -0.2) is 4.39 Å². The van der Waals surface area contributed by atoms with Gasteiger partial charge in [0.05, 0.1) is 26.7 Å². The van der Waals surface area contributed by atoms with Crippen LogP contribution in [0.2, 0.25) is 0 Å². The Bertz CT molecular complexity index is 703. The predicted octanol–water partition coefficient (Wildman–Crippen LogP) is 3.65. The topological polar surface area (TPSA) is 47.6 Å². The molecule has 0 heterocycles. The van der Waals surface area contributed by atoms with Crippen molar-refractivity contribution in [3.05, 3.63) is 59.4 Å². The quantitative estimate of drug-likeness (QED) is 0.842. The van der Waals surface area contributed by atoms with Gasteiger partial charge >= 0.3 is 0 Å². The van der Waals surface area contributed by atoms with E-state index < -0.39 is 0 Å². The van der Waals surface area contributed by atoms with E-state index in [4.69, 9.17) is 9.47 Å². The summed E-state index contributed by atoms with van der Waals surface area (Å²) in [7, 11) is 3.14. The SMILES string of the molecule is CC[C@@H](NC(=O)Cc1ccccc1F)c1ccc(OC)c(OC)c1. The number of hydrogen-bond acceptors (Lipinski definition) is 3. The van der Waals surface area contributed by atoms with Crippen molar-refractivity contribution in [2.75, 3.05) is 14.2 Å². The minimum Gasteiger partial charge on any atom is -0.493 e. The monoisotopic (exact) mass is 331 g/mol. The molecule has 0 aliphatic rings. The zero-order valence-electron chi connectivity index (χ0n) is 14.1. The number of rotatable bonds is 7. The number of benzene rings is 2. The molecule has 0 aliphatic carbocycles. The summed E-state index contributed by atoms with van der Waals surface area (Å²) < 4.78 is 24.2. The molecule has 4 nitrogen and oxygen atoms in total. The average molecular weight is 331 g/mol. The number of hydrogen-bond donors (Lipinski definition) is 1. The first-order valence-electron chi connectivity index (χ1n) is 7.83. The van der Waals surface area contributed by atoms with E-state index in [-0.39, 0.29) is 24.2 Å². The van der Waals surface area contributed by atoms with E-state index in [1.165, 1.54) is 6.07 Å². The fraction of sp³-hybridized carbons (Fsp3) is 0.316. The van der Waals surface area contributed by atoms with Crippen LogP contribution >= 0.6 is 0 Å². The molecule has 0 aliphatic heterocycles. The maximum atomic E-state index is 13.7. The van der Waals surface area contributed by atoms with Crippen LogP contribution in [0.5, 0.6) is 11.5 Å². The lowest BCUT2D eigenvalue weighted by Crippen LogP contribution is -2.29. The number of halogens is 1. The minimum atomic E-state index is -0.369. The zero-order valence-corrected chi connectivity index (χ0v) is 14.1. The average Bonchev–Trinajstić information content (AvgIpc) is 2.61. The highest BCUT2D eigenvalue weighted by molar-refractivity contribution is 5.79. The molecule has 0 radical (unpaired) electrons. The molecule has 0 aromatic heterocycles. The Labute approximate surface area is 141 Å². The smallest absolute Gasteiger partial charge is 0.225 e. The maximum Gasteiger partial charge on any atom is 0.225 e. The molecule has 0 unspecified atom stereocenters. The van der Waals surface area contributed by atoms with E-state index in [9.17, 15) is 9.18 Å². The summed E-state index contributed by atoms with van der Waals surface area (Å²) in [5.74, 6) is 0.652. The highest BCUT2D eigenvalue weighted by atomic mass is 19.1. The fourth-order valence-corrected chi connectivity index (χ4v) is 2.55. The van der Waals surface area contributed by atoms with Crippen molar-refractivity contribution >= 4 is 5.91 Å². The van der Waals surface area contributed by atoms with Gasteiger partial charge in [0.25, 0.3) is 0 Å². The van der Waals surface area contributed by atoms with Crippen molar-refractivity contribution in [3.63, 3.8) is 0 Å². The van der Waals surface area contributed by atoms with Gasteiger partial charge in [-0.1, -0.05) is 31.2 Å². The third-order valence-electron chi connectivity index (χ3n) is 3.86. The molecule has 0 spiro atoms. The summed E-state index contributed by atoms with van der Waals surface area (Å²) in [4.78, 5) is 12.3. The van der Waals surface area contributed by atoms with Gasteiger partial charge in [0, 0.05) is 0 Å². The molecule has 2 aromatic rings. The van der Waals surface area contributed by atoms with Gasteiger partial charge in [-0.3, -0.25) is 4.79 Å². The van der Waals surface area contributed by atoms with Crippen LogP contribution in [0.15, 0.2) is 42.5 Å². The summed E-state index contributed by atoms with van der Waals surface area (Å²) in [6.07, 6.45) is 0.717. The molecule has 0 saturated carbocycles. The maximum absolute atomic E-state index is 13.7. The molecule has 0 saturated heterocycles. The molecule has 24 heavy (non-hydrogen) atoms. The van der Waals surface area contributed by atoms with Crippen LogP contribution in [0, 0.1) is 5.82 Å². The highest BCUT2D eigenvalue weighted by Gasteiger charge is 2.16. The Hall–Kier alpha value is -2.56. The van der Waals surface area contributed by atoms with E-state index in [1.54, 1.807) is 38.5 Å². The van der Waals surface area contributed by atoms with Crippen LogP contribution in [0.3, 0.4) is 0 Å². The predicted molar refractivity (Wildman–Crippen MR) is 90.8 cm³/mol. The standard InChI is InChI=1S/C19H22FNO3/c1-4-16(14-9-10-17(23-2)18(11-14)24-3)21-19(22)12-13-7-5-6-8-15(13)20/h5-11,16H,4,12H2,1-3H3,(H,21,22)/t16-/m1/s1. The van der Waals surface area contributed by atoms with E-state index in [0.29, 0.717) is 23.5 Å². The van der Waals surface area contributed by atoms with Crippen molar-refractivity contribution in [3.8, 4) is 11.5 Å². The van der Waals surface area contributed by atoms with E-state index in [0.717, 1.165) is 5.56 Å². The number of amides is 1. The molecule has 2 rings (SSSR count). The van der Waals surface area contributed by atoms with Crippen LogP contribution in [0.4, 0.5) is 4.39 Å². The molecular weight excluding hydrogens is 309 g/mol. The summed E-state index contributed by atoms with van der Waals surface area (Å²) in [5, 5.41) is 2.95. The summed E-state index contributed by atoms with van der Waals surface area (Å²) >= 11 is 0. The third-order valence-corrected chi connectivity index (χ3v) is 3.86. The van der Waals surface area contributed by atoms with Crippen molar-refractivity contribution in [1.82, 2.24) is 5.32 Å². The van der Waals surface area contributed by atoms with Crippen LogP contribution < -0.4 is 14.8 Å². The Balaban J connectivity index is 2.11. The van der Waals surface area contributed by atoms with Gasteiger partial charge in [0.15, 0.2) is 11.5 Å². The Kier molecular flexibility index (Phi) is 6.18. The highest BCUT2D eigenvalue weighted by Crippen LogP contribution is 2.30. The molecule has 0 fully saturated rings. The normalized spacial score (nSPS) is 11.7. The van der Waals surface area contributed by atoms with Crippen molar-refractivity contribution < 1.29 is 18.7 Å². The molecule has 1 atom stereocenters. The molecular formula is C19H22FNO3. The number of methoxy groups -OCH3 is 2. The lowest BCUT2D eigenvalue weighted by molar-refractivity contribution is -0.121. The fourth-order valence-electron chi connectivity index (χ4n) is 2.55. The van der Waals surface area contributed by atoms with Gasteiger partial charge in [-0.15, -0.1) is 0 Å². The lowest BCUT2D eigenvalue weighted by atomic mass is 10.0. The van der Waals surface area contributed by atoms with Crippen LogP contribution in [0.25, 0.3) is 0 Å². The van der Waals surface area contributed by atoms with Gasteiger partial charge in [-0.05, 0) is 35.7 Å². The Morgan fingerprint density at radius 1 is 1.12 bits per heavy atom. The molecule has 0 bridgehead atoms. The Morgan fingerprint density at radius 2 is 1.83 bits per heavy atom. The first-order valence-corrected chi connectivity index (χ1v) is 7.83. The number of nitrogens with one attached hydrogen (secondary N) is 1. The van der Waals surface area contributed by atoms with E-state index in [2.05, 4.69) is 5.32 Å². The van der Waals surface area contributed by atoms with Gasteiger partial charge in [-0.2, -0.15) is 0 Å². The van der Waals surface area contributed by atoms with E-state index in [1.807, 2.05) is 19.1 Å². The van der Waals surface area contributed by atoms with Crippen molar-refractivity contribution in [2.45, 2.75) is 25.8 Å². The second-order valence-corrected chi connectivity index (χ2v) is 5.41. The third kappa shape index (κ3) is 4.25. The molecule has 128 valence electrons. The molecule has 2 aromatic carbocycles. The second-order valence-electron chi connectivity index (χ2n) is 5.41. The lowest BCUT2D eigenvalue weighted by Gasteiger charge is -2.19. The van der Waals surface area contributed by atoms with Crippen molar-refractivity contribution in [2.24, 2.45) is 0 Å². The Morgan fingerprint density at radius 3 is 2.46 bits per heavy atom. The summed E-state index contributed by atoms with van der Waals surface area (Å²) in [5.41, 5.74) is 1.30. The second kappa shape index (κ2) is 8.34. The molecule has 5 heteroatoms. The van der Waals surface area contributed by atoms with Crippen LogP contribution in [-0.2, 0) is 11.2 Å². The first kappa shape index (κ1) is 17.8. The van der Waals surface area contributed by atoms with Crippen LogP contribution in [0.1, 0.15) is 30.5 Å². The van der Waals surface area contributed by atoms with Gasteiger partial charge in [0.2, 0.25) is 5.91 Å². The zero-order chi connectivity index (χ0) is 17.5. The number of ether oxygens (including phenoxy) is 2. The summed E-state index contributed by atoms with van der Waals surface area (Å²) in [6.45, 7) is 1.98.